The molecule has 0 saturated carbocycles. The molecule has 0 aliphatic rings. The van der Waals surface area contributed by atoms with Crippen molar-refractivity contribution < 1.29 is 0 Å². The maximum atomic E-state index is 4.72. The Balaban J connectivity index is 1.72. The molecule has 0 amide bonds. The van der Waals surface area contributed by atoms with Crippen LogP contribution in [0.25, 0.3) is 44.3 Å². The van der Waals surface area contributed by atoms with Gasteiger partial charge in [-0.3, -0.25) is 4.98 Å². The van der Waals surface area contributed by atoms with Crippen LogP contribution in [0.3, 0.4) is 0 Å². The van der Waals surface area contributed by atoms with Gasteiger partial charge in [0.05, 0.1) is 27.9 Å². The summed E-state index contributed by atoms with van der Waals surface area (Å²) >= 11 is 0. The van der Waals surface area contributed by atoms with E-state index in [-0.39, 0.29) is 0 Å². The van der Waals surface area contributed by atoms with Gasteiger partial charge in [-0.2, -0.15) is 0 Å². The standard InChI is InChI=1S/C23H16N4/c1-15-13-24-21-11-5-9-18(23(21)27-15)16-6-4-7-17(12-16)22-19-8-2-3-10-20(19)25-14-26-22/h2-14H,1H3. The Morgan fingerprint density at radius 1 is 0.704 bits per heavy atom. The third kappa shape index (κ3) is 2.72. The van der Waals surface area contributed by atoms with Crippen LogP contribution in [0.4, 0.5) is 0 Å². The zero-order valence-corrected chi connectivity index (χ0v) is 14.8. The number of benzene rings is 3. The normalized spacial score (nSPS) is 11.1. The highest BCUT2D eigenvalue weighted by atomic mass is 14.8. The van der Waals surface area contributed by atoms with Crippen molar-refractivity contribution >= 4 is 21.9 Å². The fourth-order valence-electron chi connectivity index (χ4n) is 3.42. The molecule has 0 N–H and O–H groups in total. The monoisotopic (exact) mass is 348 g/mol. The van der Waals surface area contributed by atoms with Gasteiger partial charge in [0.1, 0.15) is 6.33 Å². The number of rotatable bonds is 2. The second-order valence-electron chi connectivity index (χ2n) is 6.50. The third-order valence-electron chi connectivity index (χ3n) is 4.68. The summed E-state index contributed by atoms with van der Waals surface area (Å²) in [4.78, 5) is 18.1. The molecule has 0 atom stereocenters. The average Bonchev–Trinajstić information content (AvgIpc) is 2.73. The van der Waals surface area contributed by atoms with Crippen LogP contribution in [-0.2, 0) is 0 Å². The van der Waals surface area contributed by atoms with Gasteiger partial charge in [-0.15, -0.1) is 0 Å². The lowest BCUT2D eigenvalue weighted by molar-refractivity contribution is 1.19. The molecule has 0 radical (unpaired) electrons. The first-order valence-electron chi connectivity index (χ1n) is 8.82. The number of nitrogens with zero attached hydrogens (tertiary/aromatic N) is 4. The predicted molar refractivity (Wildman–Crippen MR) is 108 cm³/mol. The van der Waals surface area contributed by atoms with Crippen molar-refractivity contribution in [3.63, 3.8) is 0 Å². The van der Waals surface area contributed by atoms with E-state index in [1.54, 1.807) is 12.5 Å². The van der Waals surface area contributed by atoms with E-state index >= 15 is 0 Å². The number of aromatic nitrogens is 4. The Kier molecular flexibility index (Phi) is 3.61. The lowest BCUT2D eigenvalue weighted by Gasteiger charge is -2.09. The van der Waals surface area contributed by atoms with Gasteiger partial charge in [-0.1, -0.05) is 48.5 Å². The van der Waals surface area contributed by atoms with Gasteiger partial charge in [-0.25, -0.2) is 15.0 Å². The molecule has 4 nitrogen and oxygen atoms in total. The van der Waals surface area contributed by atoms with Gasteiger partial charge < -0.3 is 0 Å². The average molecular weight is 348 g/mol. The van der Waals surface area contributed by atoms with Crippen LogP contribution in [0.5, 0.6) is 0 Å². The van der Waals surface area contributed by atoms with Gasteiger partial charge in [0.2, 0.25) is 0 Å². The van der Waals surface area contributed by atoms with E-state index in [4.69, 9.17) is 4.98 Å². The Hall–Kier alpha value is -3.66. The van der Waals surface area contributed by atoms with Gasteiger partial charge in [-0.05, 0) is 30.7 Å². The molecule has 0 bridgehead atoms. The van der Waals surface area contributed by atoms with E-state index < -0.39 is 0 Å². The van der Waals surface area contributed by atoms with E-state index in [9.17, 15) is 0 Å². The quantitative estimate of drug-likeness (QED) is 0.439. The van der Waals surface area contributed by atoms with E-state index in [2.05, 4.69) is 51.4 Å². The Bertz CT molecular complexity index is 1290. The molecule has 2 heterocycles. The Morgan fingerprint density at radius 3 is 2.48 bits per heavy atom. The van der Waals surface area contributed by atoms with Crippen LogP contribution in [0.2, 0.25) is 0 Å². The van der Waals surface area contributed by atoms with E-state index in [0.29, 0.717) is 0 Å². The fraction of sp³-hybridized carbons (Fsp3) is 0.0435. The van der Waals surface area contributed by atoms with Crippen molar-refractivity contribution in [1.82, 2.24) is 19.9 Å². The summed E-state index contributed by atoms with van der Waals surface area (Å²) in [5.74, 6) is 0. The van der Waals surface area contributed by atoms with Crippen LogP contribution in [0.1, 0.15) is 5.69 Å². The minimum Gasteiger partial charge on any atom is -0.253 e. The van der Waals surface area contributed by atoms with Crippen molar-refractivity contribution in [2.75, 3.05) is 0 Å². The Morgan fingerprint density at radius 2 is 1.52 bits per heavy atom. The number of fused-ring (bicyclic) bond motifs is 2. The molecule has 0 spiro atoms. The molecule has 4 heteroatoms. The summed E-state index contributed by atoms with van der Waals surface area (Å²) in [6, 6.07) is 22.6. The van der Waals surface area contributed by atoms with E-state index in [1.807, 2.05) is 37.3 Å². The highest BCUT2D eigenvalue weighted by molar-refractivity contribution is 5.95. The predicted octanol–water partition coefficient (Wildman–Crippen LogP) is 5.22. The minimum atomic E-state index is 0.899. The van der Waals surface area contributed by atoms with Gasteiger partial charge in [0, 0.05) is 22.7 Å². The summed E-state index contributed by atoms with van der Waals surface area (Å²) in [7, 11) is 0. The van der Waals surface area contributed by atoms with Crippen LogP contribution in [0.15, 0.2) is 79.3 Å². The highest BCUT2D eigenvalue weighted by Crippen LogP contribution is 2.31. The molecule has 0 fully saturated rings. The molecule has 5 rings (SSSR count). The van der Waals surface area contributed by atoms with Crippen LogP contribution < -0.4 is 0 Å². The summed E-state index contributed by atoms with van der Waals surface area (Å²) in [6.07, 6.45) is 3.42. The first-order chi connectivity index (χ1) is 13.3. The molecule has 2 aromatic heterocycles. The van der Waals surface area contributed by atoms with Crippen molar-refractivity contribution in [2.24, 2.45) is 0 Å². The summed E-state index contributed by atoms with van der Waals surface area (Å²) in [5, 5.41) is 1.05. The van der Waals surface area contributed by atoms with Crippen LogP contribution >= 0.6 is 0 Å². The number of hydrogen-bond donors (Lipinski definition) is 0. The molecule has 0 unspecified atom stereocenters. The maximum Gasteiger partial charge on any atom is 0.116 e. The zero-order chi connectivity index (χ0) is 18.2. The molecule has 0 aliphatic heterocycles. The minimum absolute atomic E-state index is 0.899. The molecule has 5 aromatic rings. The lowest BCUT2D eigenvalue weighted by atomic mass is 9.99. The highest BCUT2D eigenvalue weighted by Gasteiger charge is 2.10. The topological polar surface area (TPSA) is 51.6 Å². The zero-order valence-electron chi connectivity index (χ0n) is 14.8. The van der Waals surface area contributed by atoms with Crippen molar-refractivity contribution in [3.05, 3.63) is 84.9 Å². The Labute approximate surface area is 156 Å². The third-order valence-corrected chi connectivity index (χ3v) is 4.68. The molecular formula is C23H16N4. The SMILES string of the molecule is Cc1cnc2cccc(-c3cccc(-c4ncnc5ccccc45)c3)c2n1. The second kappa shape index (κ2) is 6.25. The van der Waals surface area contributed by atoms with Gasteiger partial charge in [0.15, 0.2) is 0 Å². The van der Waals surface area contributed by atoms with Crippen LogP contribution in [0, 0.1) is 6.92 Å². The first-order valence-corrected chi connectivity index (χ1v) is 8.82. The summed E-state index contributed by atoms with van der Waals surface area (Å²) < 4.78 is 0. The summed E-state index contributed by atoms with van der Waals surface area (Å²) in [6.45, 7) is 1.96. The molecule has 0 aliphatic carbocycles. The summed E-state index contributed by atoms with van der Waals surface area (Å²) in [5.41, 5.74) is 7.84. The molecule has 0 saturated heterocycles. The van der Waals surface area contributed by atoms with Crippen molar-refractivity contribution in [3.8, 4) is 22.4 Å². The smallest absolute Gasteiger partial charge is 0.116 e. The number of para-hydroxylation sites is 2. The number of aryl methyl sites for hydroxylation is 1. The fourth-order valence-corrected chi connectivity index (χ4v) is 3.42. The molecular weight excluding hydrogens is 332 g/mol. The molecule has 128 valence electrons. The van der Waals surface area contributed by atoms with Crippen LogP contribution in [-0.4, -0.2) is 19.9 Å². The van der Waals surface area contributed by atoms with E-state index in [0.717, 1.165) is 50.0 Å². The van der Waals surface area contributed by atoms with Gasteiger partial charge >= 0.3 is 0 Å². The first kappa shape index (κ1) is 15.6. The maximum absolute atomic E-state index is 4.72. The largest absolute Gasteiger partial charge is 0.253 e. The van der Waals surface area contributed by atoms with E-state index in [1.165, 1.54) is 0 Å². The second-order valence-corrected chi connectivity index (χ2v) is 6.50. The molecule has 27 heavy (non-hydrogen) atoms. The van der Waals surface area contributed by atoms with Crippen molar-refractivity contribution in [1.29, 1.82) is 0 Å². The van der Waals surface area contributed by atoms with Gasteiger partial charge in [0.25, 0.3) is 0 Å². The lowest BCUT2D eigenvalue weighted by Crippen LogP contribution is -1.92. The molecule has 3 aromatic carbocycles. The van der Waals surface area contributed by atoms with Crippen molar-refractivity contribution in [2.45, 2.75) is 6.92 Å². The number of hydrogen-bond acceptors (Lipinski definition) is 4.